The first-order valence-corrected chi connectivity index (χ1v) is 11.9. The Morgan fingerprint density at radius 2 is 1.69 bits per heavy atom. The Hall–Kier alpha value is -2.34. The summed E-state index contributed by atoms with van der Waals surface area (Å²) in [5.74, 6) is 0.454. The molecule has 0 radical (unpaired) electrons. The number of hydrogen-bond acceptors (Lipinski definition) is 4. The highest BCUT2D eigenvalue weighted by molar-refractivity contribution is 7.91. The van der Waals surface area contributed by atoms with Crippen molar-refractivity contribution in [2.24, 2.45) is 0 Å². The zero-order valence-corrected chi connectivity index (χ0v) is 17.9. The van der Waals surface area contributed by atoms with Crippen LogP contribution < -0.4 is 10.1 Å². The average molecular weight is 416 g/mol. The molecule has 0 saturated heterocycles. The van der Waals surface area contributed by atoms with Crippen LogP contribution in [-0.4, -0.2) is 26.2 Å². The summed E-state index contributed by atoms with van der Waals surface area (Å²) in [4.78, 5) is 12.3. The van der Waals surface area contributed by atoms with E-state index in [1.54, 1.807) is 24.3 Å². The van der Waals surface area contributed by atoms with Gasteiger partial charge in [-0.25, -0.2) is 8.42 Å². The Balaban J connectivity index is 1.60. The molecule has 3 rings (SSSR count). The Morgan fingerprint density at radius 1 is 1.03 bits per heavy atom. The number of sulfone groups is 1. The number of rotatable bonds is 7. The number of anilines is 1. The largest absolute Gasteiger partial charge is 0.483 e. The lowest BCUT2D eigenvalue weighted by atomic mass is 10.0. The van der Waals surface area contributed by atoms with Crippen LogP contribution in [0.1, 0.15) is 48.8 Å². The highest BCUT2D eigenvalue weighted by Crippen LogP contribution is 2.27. The molecular weight excluding hydrogens is 386 g/mol. The van der Waals surface area contributed by atoms with Gasteiger partial charge >= 0.3 is 0 Å². The van der Waals surface area contributed by atoms with Gasteiger partial charge in [-0.15, -0.1) is 0 Å². The number of aryl methyl sites for hydroxylation is 2. The number of hydrogen-bond donors (Lipinski definition) is 1. The van der Waals surface area contributed by atoms with E-state index in [4.69, 9.17) is 4.74 Å². The minimum atomic E-state index is -3.17. The van der Waals surface area contributed by atoms with Crippen LogP contribution in [0.4, 0.5) is 5.69 Å². The van der Waals surface area contributed by atoms with E-state index < -0.39 is 9.84 Å². The van der Waals surface area contributed by atoms with Gasteiger partial charge in [-0.1, -0.05) is 49.6 Å². The highest BCUT2D eigenvalue weighted by Gasteiger charge is 2.27. The van der Waals surface area contributed by atoms with Gasteiger partial charge in [0.15, 0.2) is 16.4 Å². The summed E-state index contributed by atoms with van der Waals surface area (Å²) in [6.45, 7) is 3.78. The quantitative estimate of drug-likeness (QED) is 0.719. The van der Waals surface area contributed by atoms with Crippen molar-refractivity contribution in [1.82, 2.24) is 0 Å². The van der Waals surface area contributed by atoms with Crippen molar-refractivity contribution in [1.29, 1.82) is 0 Å². The van der Waals surface area contributed by atoms with Crippen LogP contribution in [0.3, 0.4) is 0 Å². The molecule has 1 aliphatic carbocycles. The maximum Gasteiger partial charge on any atom is 0.262 e. The Kier molecular flexibility index (Phi) is 6.96. The number of ether oxygens (including phenoxy) is 1. The molecule has 1 fully saturated rings. The third-order valence-electron chi connectivity index (χ3n) is 5.40. The maximum absolute atomic E-state index is 12.7. The standard InChI is InChI=1S/C23H29NO4S/c1-17-8-6-9-18(2)23(17)28-15-22(25)24-20-11-7-10-19(14-20)16-29(26,27)21-12-4-3-5-13-21/h6-11,14,21H,3-5,12-13,15-16H2,1-2H3,(H,24,25). The van der Waals surface area contributed by atoms with Crippen molar-refractivity contribution in [3.05, 3.63) is 59.2 Å². The van der Waals surface area contributed by atoms with Gasteiger partial charge in [0, 0.05) is 5.69 Å². The van der Waals surface area contributed by atoms with E-state index >= 15 is 0 Å². The van der Waals surface area contributed by atoms with E-state index in [0.29, 0.717) is 11.3 Å². The van der Waals surface area contributed by atoms with Crippen LogP contribution in [0.25, 0.3) is 0 Å². The summed E-state index contributed by atoms with van der Waals surface area (Å²) in [7, 11) is -3.17. The molecular formula is C23H29NO4S. The molecule has 0 aromatic heterocycles. The van der Waals surface area contributed by atoms with Crippen LogP contribution in [0.5, 0.6) is 5.75 Å². The normalized spacial score (nSPS) is 15.1. The third-order valence-corrected chi connectivity index (χ3v) is 7.62. The topological polar surface area (TPSA) is 72.5 Å². The predicted octanol–water partition coefficient (Wildman–Crippen LogP) is 4.57. The van der Waals surface area contributed by atoms with Crippen molar-refractivity contribution in [2.45, 2.75) is 57.0 Å². The van der Waals surface area contributed by atoms with Gasteiger partial charge in [0.2, 0.25) is 0 Å². The molecule has 1 amide bonds. The molecule has 2 aromatic carbocycles. The minimum absolute atomic E-state index is 0.0142. The summed E-state index contributed by atoms with van der Waals surface area (Å²) in [5, 5.41) is 2.56. The molecule has 1 N–H and O–H groups in total. The SMILES string of the molecule is Cc1cccc(C)c1OCC(=O)Nc1cccc(CS(=O)(=O)C2CCCCC2)c1. The lowest BCUT2D eigenvalue weighted by molar-refractivity contribution is -0.118. The number of para-hydroxylation sites is 1. The van der Waals surface area contributed by atoms with Gasteiger partial charge < -0.3 is 10.1 Å². The second kappa shape index (κ2) is 9.44. The first-order chi connectivity index (χ1) is 13.8. The Labute approximate surface area is 173 Å². The molecule has 1 saturated carbocycles. The molecule has 0 spiro atoms. The van der Waals surface area contributed by atoms with Crippen LogP contribution in [0, 0.1) is 13.8 Å². The van der Waals surface area contributed by atoms with E-state index in [0.717, 1.165) is 49.0 Å². The van der Waals surface area contributed by atoms with E-state index in [-0.39, 0.29) is 23.5 Å². The van der Waals surface area contributed by atoms with Crippen LogP contribution >= 0.6 is 0 Å². The van der Waals surface area contributed by atoms with Gasteiger partial charge in [-0.05, 0) is 55.5 Å². The van der Waals surface area contributed by atoms with Gasteiger partial charge in [-0.2, -0.15) is 0 Å². The van der Waals surface area contributed by atoms with E-state index in [2.05, 4.69) is 5.32 Å². The van der Waals surface area contributed by atoms with Gasteiger partial charge in [-0.3, -0.25) is 4.79 Å². The van der Waals surface area contributed by atoms with E-state index in [1.165, 1.54) is 0 Å². The Morgan fingerprint density at radius 3 is 2.38 bits per heavy atom. The monoisotopic (exact) mass is 415 g/mol. The number of carbonyl (C=O) groups excluding carboxylic acids is 1. The summed E-state index contributed by atoms with van der Waals surface area (Å²) in [6.07, 6.45) is 4.61. The van der Waals surface area contributed by atoms with Crippen molar-refractivity contribution in [2.75, 3.05) is 11.9 Å². The smallest absolute Gasteiger partial charge is 0.262 e. The third kappa shape index (κ3) is 5.82. The maximum atomic E-state index is 12.7. The molecule has 5 nitrogen and oxygen atoms in total. The number of amides is 1. The molecule has 29 heavy (non-hydrogen) atoms. The second-order valence-corrected chi connectivity index (χ2v) is 10.1. The highest BCUT2D eigenvalue weighted by atomic mass is 32.2. The zero-order valence-electron chi connectivity index (χ0n) is 17.1. The number of carbonyl (C=O) groups is 1. The molecule has 156 valence electrons. The fourth-order valence-corrected chi connectivity index (χ4v) is 5.81. The number of benzene rings is 2. The summed E-state index contributed by atoms with van der Waals surface area (Å²) < 4.78 is 31.1. The van der Waals surface area contributed by atoms with Crippen LogP contribution in [0.2, 0.25) is 0 Å². The lowest BCUT2D eigenvalue weighted by Crippen LogP contribution is -2.25. The molecule has 0 aliphatic heterocycles. The van der Waals surface area contributed by atoms with Crippen molar-refractivity contribution < 1.29 is 17.9 Å². The van der Waals surface area contributed by atoms with Crippen LogP contribution in [-0.2, 0) is 20.4 Å². The van der Waals surface area contributed by atoms with Crippen molar-refractivity contribution in [3.63, 3.8) is 0 Å². The summed E-state index contributed by atoms with van der Waals surface area (Å²) in [5.41, 5.74) is 3.24. The molecule has 1 aliphatic rings. The fraction of sp³-hybridized carbons (Fsp3) is 0.435. The van der Waals surface area contributed by atoms with Gasteiger partial charge in [0.05, 0.1) is 11.0 Å². The summed E-state index contributed by atoms with van der Waals surface area (Å²) >= 11 is 0. The summed E-state index contributed by atoms with van der Waals surface area (Å²) in [6, 6.07) is 12.9. The molecule has 0 bridgehead atoms. The first kappa shape index (κ1) is 21.4. The predicted molar refractivity (Wildman–Crippen MR) is 116 cm³/mol. The molecule has 6 heteroatoms. The fourth-order valence-electron chi connectivity index (χ4n) is 3.87. The van der Waals surface area contributed by atoms with Crippen LogP contribution in [0.15, 0.2) is 42.5 Å². The molecule has 0 heterocycles. The second-order valence-electron chi connectivity index (χ2n) is 7.83. The van der Waals surface area contributed by atoms with E-state index in [1.807, 2.05) is 32.0 Å². The lowest BCUT2D eigenvalue weighted by Gasteiger charge is -2.21. The van der Waals surface area contributed by atoms with E-state index in [9.17, 15) is 13.2 Å². The molecule has 0 unspecified atom stereocenters. The minimum Gasteiger partial charge on any atom is -0.483 e. The average Bonchev–Trinajstić information content (AvgIpc) is 2.68. The number of nitrogens with one attached hydrogen (secondary N) is 1. The van der Waals surface area contributed by atoms with Gasteiger partial charge in [0.1, 0.15) is 5.75 Å². The Bertz CT molecular complexity index is 942. The zero-order chi connectivity index (χ0) is 20.9. The van der Waals surface area contributed by atoms with Gasteiger partial charge in [0.25, 0.3) is 5.91 Å². The van der Waals surface area contributed by atoms with Crippen molar-refractivity contribution >= 4 is 21.4 Å². The first-order valence-electron chi connectivity index (χ1n) is 10.1. The van der Waals surface area contributed by atoms with Crippen molar-refractivity contribution in [3.8, 4) is 5.75 Å². The molecule has 0 atom stereocenters. The molecule has 2 aromatic rings.